The van der Waals surface area contributed by atoms with E-state index in [1.165, 1.54) is 4.90 Å². The first-order valence-corrected chi connectivity index (χ1v) is 11.6. The normalized spacial score (nSPS) is 15.1. The van der Waals surface area contributed by atoms with Crippen molar-refractivity contribution in [1.82, 2.24) is 14.7 Å². The average Bonchev–Trinajstić information content (AvgIpc) is 2.70. The molecule has 0 bridgehead atoms. The number of nitrogens with zero attached hydrogens (tertiary/aromatic N) is 3. The Bertz CT molecular complexity index is 527. The zero-order valence-corrected chi connectivity index (χ0v) is 15.3. The molecule has 118 valence electrons. The molecule has 1 aliphatic heterocycles. The van der Waals surface area contributed by atoms with E-state index >= 15 is 0 Å². The molecule has 0 fully saturated rings. The third kappa shape index (κ3) is 4.30. The van der Waals surface area contributed by atoms with Gasteiger partial charge in [-0.25, -0.2) is 9.48 Å². The molecule has 0 saturated heterocycles. The Hall–Kier alpha value is -0.863. The smallest absolute Gasteiger partial charge is 0.407 e. The van der Waals surface area contributed by atoms with Gasteiger partial charge in [0.1, 0.15) is 11.3 Å². The molecule has 0 radical (unpaired) electrons. The lowest BCUT2D eigenvalue weighted by Crippen LogP contribution is -2.35. The minimum Gasteiger partial charge on any atom is -0.465 e. The van der Waals surface area contributed by atoms with Crippen molar-refractivity contribution < 1.29 is 14.6 Å². The Morgan fingerprint density at radius 3 is 2.81 bits per heavy atom. The van der Waals surface area contributed by atoms with Crippen LogP contribution in [0.1, 0.15) is 11.3 Å². The second kappa shape index (κ2) is 6.49. The largest absolute Gasteiger partial charge is 0.465 e. The average molecular weight is 376 g/mol. The summed E-state index contributed by atoms with van der Waals surface area (Å²) < 4.78 is 8.30. The summed E-state index contributed by atoms with van der Waals surface area (Å²) in [6.45, 7) is 9.06. The van der Waals surface area contributed by atoms with Crippen molar-refractivity contribution in [1.29, 1.82) is 0 Å². The van der Waals surface area contributed by atoms with Crippen LogP contribution in [0.3, 0.4) is 0 Å². The van der Waals surface area contributed by atoms with Crippen LogP contribution in [-0.2, 0) is 24.4 Å². The minimum absolute atomic E-state index is 0.389. The van der Waals surface area contributed by atoms with Crippen LogP contribution in [-0.4, -0.2) is 47.1 Å². The first-order chi connectivity index (χ1) is 9.78. The van der Waals surface area contributed by atoms with Crippen LogP contribution in [0.15, 0.2) is 4.60 Å². The summed E-state index contributed by atoms with van der Waals surface area (Å²) >= 11 is 3.42. The predicted octanol–water partition coefficient (Wildman–Crippen LogP) is 2.99. The summed E-state index contributed by atoms with van der Waals surface area (Å²) in [5.41, 5.74) is 2.03. The van der Waals surface area contributed by atoms with Crippen molar-refractivity contribution >= 4 is 30.1 Å². The Morgan fingerprint density at radius 2 is 2.19 bits per heavy atom. The van der Waals surface area contributed by atoms with E-state index in [0.29, 0.717) is 26.2 Å². The molecule has 0 aliphatic carbocycles. The molecule has 1 aromatic rings. The van der Waals surface area contributed by atoms with Gasteiger partial charge < -0.3 is 14.7 Å². The first kappa shape index (κ1) is 16.5. The van der Waals surface area contributed by atoms with Crippen LogP contribution in [0, 0.1) is 0 Å². The van der Waals surface area contributed by atoms with E-state index in [0.717, 1.165) is 28.5 Å². The molecule has 1 amide bonds. The highest BCUT2D eigenvalue weighted by Crippen LogP contribution is 2.26. The zero-order valence-electron chi connectivity index (χ0n) is 12.7. The molecule has 0 spiro atoms. The molecule has 1 N–H and O–H groups in total. The maximum atomic E-state index is 11.0. The van der Waals surface area contributed by atoms with E-state index in [4.69, 9.17) is 9.84 Å². The van der Waals surface area contributed by atoms with Crippen LogP contribution in [0.25, 0.3) is 0 Å². The third-order valence-corrected chi connectivity index (χ3v) is 5.91. The molecule has 2 heterocycles. The fourth-order valence-electron chi connectivity index (χ4n) is 2.25. The molecule has 1 aliphatic rings. The molecule has 2 rings (SSSR count). The summed E-state index contributed by atoms with van der Waals surface area (Å²) in [7, 11) is -1.08. The van der Waals surface area contributed by atoms with Gasteiger partial charge in [0.2, 0.25) is 0 Å². The van der Waals surface area contributed by atoms with Gasteiger partial charge in [0.05, 0.1) is 6.54 Å². The maximum Gasteiger partial charge on any atom is 0.407 e. The first-order valence-electron chi connectivity index (χ1n) is 7.07. The number of ether oxygens (including phenoxy) is 1. The van der Waals surface area contributed by atoms with Gasteiger partial charge >= 0.3 is 6.09 Å². The van der Waals surface area contributed by atoms with Crippen LogP contribution in [0.5, 0.6) is 0 Å². The number of carboxylic acid groups (broad SMARTS) is 1. The topological polar surface area (TPSA) is 67.6 Å². The fourth-order valence-corrected chi connectivity index (χ4v) is 3.55. The number of halogens is 1. The lowest BCUT2D eigenvalue weighted by atomic mass is 10.1. The minimum atomic E-state index is -1.08. The quantitative estimate of drug-likeness (QED) is 0.634. The molecular weight excluding hydrogens is 354 g/mol. The number of aromatic nitrogens is 2. The number of fused-ring (bicyclic) bond motifs is 1. The lowest BCUT2D eigenvalue weighted by molar-refractivity contribution is 0.0751. The summed E-state index contributed by atoms with van der Waals surface area (Å²) in [6.07, 6.45) is -0.205. The van der Waals surface area contributed by atoms with E-state index in [-0.39, 0.29) is 0 Å². The van der Waals surface area contributed by atoms with Gasteiger partial charge in [0.15, 0.2) is 0 Å². The van der Waals surface area contributed by atoms with E-state index in [1.807, 2.05) is 4.68 Å². The summed E-state index contributed by atoms with van der Waals surface area (Å²) in [5.74, 6) is 0. The summed E-state index contributed by atoms with van der Waals surface area (Å²) in [4.78, 5) is 12.5. The second-order valence-electron chi connectivity index (χ2n) is 6.52. The van der Waals surface area contributed by atoms with Gasteiger partial charge in [-0.2, -0.15) is 5.10 Å². The van der Waals surface area contributed by atoms with Gasteiger partial charge in [-0.3, -0.25) is 0 Å². The second-order valence-corrected chi connectivity index (χ2v) is 12.9. The number of hydrogen-bond acceptors (Lipinski definition) is 3. The van der Waals surface area contributed by atoms with E-state index < -0.39 is 14.2 Å². The fraction of sp³-hybridized carbons (Fsp3) is 0.692. The van der Waals surface area contributed by atoms with E-state index in [1.54, 1.807) is 0 Å². The number of hydrogen-bond donors (Lipinski definition) is 1. The number of rotatable bonds is 5. The molecule has 6 nitrogen and oxygen atoms in total. The standard InChI is InChI=1S/C13H22BrN3O3Si/c1-21(2,3)7-6-20-9-17-11-4-5-16(13(18)19)8-10(11)12(14)15-17/h4-9H2,1-3H3,(H,18,19). The zero-order chi connectivity index (χ0) is 15.6. The summed E-state index contributed by atoms with van der Waals surface area (Å²) in [5, 5.41) is 13.5. The van der Waals surface area contributed by atoms with Crippen LogP contribution >= 0.6 is 15.9 Å². The highest BCUT2D eigenvalue weighted by atomic mass is 79.9. The maximum absolute atomic E-state index is 11.0. The van der Waals surface area contributed by atoms with Crippen molar-refractivity contribution in [2.45, 2.75) is 45.4 Å². The molecule has 21 heavy (non-hydrogen) atoms. The van der Waals surface area contributed by atoms with Crippen LogP contribution < -0.4 is 0 Å². The van der Waals surface area contributed by atoms with Crippen LogP contribution in [0.2, 0.25) is 25.7 Å². The number of carbonyl (C=O) groups is 1. The van der Waals surface area contributed by atoms with Crippen molar-refractivity contribution in [2.24, 2.45) is 0 Å². The Kier molecular flexibility index (Phi) is 5.10. The molecule has 1 aromatic heterocycles. The van der Waals surface area contributed by atoms with Crippen LogP contribution in [0.4, 0.5) is 4.79 Å². The molecule has 8 heteroatoms. The van der Waals surface area contributed by atoms with Gasteiger partial charge in [0, 0.05) is 38.9 Å². The van der Waals surface area contributed by atoms with Crippen molar-refractivity contribution in [3.05, 3.63) is 15.9 Å². The lowest BCUT2D eigenvalue weighted by Gasteiger charge is -2.24. The number of amides is 1. The molecule has 0 unspecified atom stereocenters. The monoisotopic (exact) mass is 375 g/mol. The molecule has 0 aromatic carbocycles. The predicted molar refractivity (Wildman–Crippen MR) is 86.2 cm³/mol. The Labute approximate surface area is 134 Å². The van der Waals surface area contributed by atoms with E-state index in [2.05, 4.69) is 40.7 Å². The SMILES string of the molecule is C[Si](C)(C)CCOCn1nc(Br)c2c1CCN(C(=O)O)C2. The third-order valence-electron chi connectivity index (χ3n) is 3.57. The van der Waals surface area contributed by atoms with Gasteiger partial charge in [-0.15, -0.1) is 0 Å². The molecular formula is C13H22BrN3O3Si. The summed E-state index contributed by atoms with van der Waals surface area (Å²) in [6, 6.07) is 1.13. The van der Waals surface area contributed by atoms with E-state index in [9.17, 15) is 4.79 Å². The van der Waals surface area contributed by atoms with Crippen molar-refractivity contribution in [3.63, 3.8) is 0 Å². The van der Waals surface area contributed by atoms with Gasteiger partial charge in [-0.1, -0.05) is 19.6 Å². The Morgan fingerprint density at radius 1 is 1.48 bits per heavy atom. The van der Waals surface area contributed by atoms with Gasteiger partial charge in [-0.05, 0) is 22.0 Å². The van der Waals surface area contributed by atoms with Crippen molar-refractivity contribution in [3.8, 4) is 0 Å². The Balaban J connectivity index is 1.97. The highest BCUT2D eigenvalue weighted by molar-refractivity contribution is 9.10. The highest BCUT2D eigenvalue weighted by Gasteiger charge is 2.26. The molecule has 0 atom stereocenters. The van der Waals surface area contributed by atoms with Gasteiger partial charge in [0.25, 0.3) is 0 Å². The molecule has 0 saturated carbocycles. The van der Waals surface area contributed by atoms with Crippen molar-refractivity contribution in [2.75, 3.05) is 13.2 Å².